The quantitative estimate of drug-likeness (QED) is 0.803. The second kappa shape index (κ2) is 4.97. The fourth-order valence-electron chi connectivity index (χ4n) is 2.22. The normalized spacial score (nSPS) is 11.0. The number of nitrogens with zero attached hydrogens (tertiary/aromatic N) is 3. The maximum Gasteiger partial charge on any atom is 0.354 e. The molecule has 6 heteroatoms. The topological polar surface area (TPSA) is 67.5 Å². The predicted octanol–water partition coefficient (Wildman–Crippen LogP) is 2.80. The molecule has 2 aromatic heterocycles. The highest BCUT2D eigenvalue weighted by Gasteiger charge is 2.17. The van der Waals surface area contributed by atoms with Crippen LogP contribution in [0.4, 0.5) is 4.39 Å². The molecule has 0 bridgehead atoms. The van der Waals surface area contributed by atoms with Crippen LogP contribution in [-0.4, -0.2) is 25.7 Å². The van der Waals surface area contributed by atoms with E-state index in [1.54, 1.807) is 24.4 Å². The zero-order valence-electron chi connectivity index (χ0n) is 11.2. The van der Waals surface area contributed by atoms with Gasteiger partial charge < -0.3 is 5.11 Å². The molecule has 0 atom stereocenters. The van der Waals surface area contributed by atoms with Crippen LogP contribution >= 0.6 is 0 Å². The Labute approximate surface area is 119 Å². The Morgan fingerprint density at radius 1 is 1.38 bits per heavy atom. The predicted molar refractivity (Wildman–Crippen MR) is 74.7 cm³/mol. The third-order valence-corrected chi connectivity index (χ3v) is 3.29. The molecule has 0 unspecified atom stereocenters. The van der Waals surface area contributed by atoms with Crippen LogP contribution in [-0.2, 0) is 6.42 Å². The monoisotopic (exact) mass is 285 g/mol. The maximum absolute atomic E-state index is 13.9. The van der Waals surface area contributed by atoms with Crippen molar-refractivity contribution < 1.29 is 14.3 Å². The molecule has 0 amide bonds. The van der Waals surface area contributed by atoms with Crippen LogP contribution in [0.2, 0.25) is 0 Å². The van der Waals surface area contributed by atoms with Gasteiger partial charge in [-0.15, -0.1) is 0 Å². The van der Waals surface area contributed by atoms with E-state index >= 15 is 0 Å². The van der Waals surface area contributed by atoms with Crippen LogP contribution in [0.25, 0.3) is 16.9 Å². The summed E-state index contributed by atoms with van der Waals surface area (Å²) in [4.78, 5) is 15.8. The Morgan fingerprint density at radius 3 is 2.81 bits per heavy atom. The van der Waals surface area contributed by atoms with Crippen molar-refractivity contribution in [2.24, 2.45) is 0 Å². The first-order valence-corrected chi connectivity index (χ1v) is 6.47. The summed E-state index contributed by atoms with van der Waals surface area (Å²) in [5.74, 6) is -1.58. The van der Waals surface area contributed by atoms with Crippen molar-refractivity contribution in [3.05, 3.63) is 53.6 Å². The van der Waals surface area contributed by atoms with Crippen molar-refractivity contribution >= 4 is 11.6 Å². The van der Waals surface area contributed by atoms with Crippen molar-refractivity contribution in [1.29, 1.82) is 0 Å². The lowest BCUT2D eigenvalue weighted by Gasteiger charge is -2.06. The van der Waals surface area contributed by atoms with Crippen molar-refractivity contribution in [2.75, 3.05) is 0 Å². The smallest absolute Gasteiger partial charge is 0.354 e. The summed E-state index contributed by atoms with van der Waals surface area (Å²) in [5.41, 5.74) is 1.77. The van der Waals surface area contributed by atoms with Crippen LogP contribution in [0.15, 0.2) is 36.5 Å². The Kier molecular flexibility index (Phi) is 3.13. The second-order valence-electron chi connectivity index (χ2n) is 4.57. The molecule has 3 aromatic rings. The largest absolute Gasteiger partial charge is 0.477 e. The molecule has 0 aliphatic carbocycles. The first-order valence-electron chi connectivity index (χ1n) is 6.47. The molecule has 0 saturated heterocycles. The minimum Gasteiger partial charge on any atom is -0.477 e. The summed E-state index contributed by atoms with van der Waals surface area (Å²) in [5, 5.41) is 13.4. The molecule has 3 rings (SSSR count). The second-order valence-corrected chi connectivity index (χ2v) is 4.57. The van der Waals surface area contributed by atoms with E-state index in [-0.39, 0.29) is 17.0 Å². The van der Waals surface area contributed by atoms with Gasteiger partial charge >= 0.3 is 5.97 Å². The molecule has 0 spiro atoms. The molecule has 0 saturated carbocycles. The minimum absolute atomic E-state index is 0.0436. The summed E-state index contributed by atoms with van der Waals surface area (Å²) in [6.45, 7) is 1.93. The number of fused-ring (bicyclic) bond motifs is 1. The highest BCUT2D eigenvalue weighted by Crippen LogP contribution is 2.24. The van der Waals surface area contributed by atoms with E-state index in [1.165, 1.54) is 16.6 Å². The molecule has 1 N–H and O–H groups in total. The highest BCUT2D eigenvalue weighted by molar-refractivity contribution is 5.88. The lowest BCUT2D eigenvalue weighted by atomic mass is 10.1. The van der Waals surface area contributed by atoms with E-state index in [4.69, 9.17) is 0 Å². The molecule has 106 valence electrons. The number of rotatable bonds is 3. The van der Waals surface area contributed by atoms with Gasteiger partial charge in [-0.3, -0.25) is 0 Å². The average molecular weight is 285 g/mol. The number of halogens is 1. The van der Waals surface area contributed by atoms with Gasteiger partial charge in [-0.2, -0.15) is 5.10 Å². The van der Waals surface area contributed by atoms with Crippen molar-refractivity contribution in [3.8, 4) is 11.3 Å². The molecule has 2 heterocycles. The van der Waals surface area contributed by atoms with Crippen molar-refractivity contribution in [2.45, 2.75) is 13.3 Å². The molecule has 1 aromatic carbocycles. The van der Waals surface area contributed by atoms with Crippen molar-refractivity contribution in [1.82, 2.24) is 14.6 Å². The standard InChI is InChI=1S/C15H12FN3O2/c1-2-9-8-17-19-13(15(20)21)7-12(18-14(9)19)10-5-3-4-6-11(10)16/h3-8H,2H2,1H3,(H,20,21). The van der Waals surface area contributed by atoms with Gasteiger partial charge in [0.15, 0.2) is 11.3 Å². The van der Waals surface area contributed by atoms with Gasteiger partial charge in [0, 0.05) is 11.1 Å². The summed E-state index contributed by atoms with van der Waals surface area (Å²) in [6.07, 6.45) is 2.25. The first kappa shape index (κ1) is 13.2. The highest BCUT2D eigenvalue weighted by atomic mass is 19.1. The molecule has 0 aliphatic heterocycles. The number of carboxylic acid groups (broad SMARTS) is 1. The van der Waals surface area contributed by atoms with Crippen LogP contribution < -0.4 is 0 Å². The Morgan fingerprint density at radius 2 is 2.14 bits per heavy atom. The summed E-state index contributed by atoms with van der Waals surface area (Å²) >= 11 is 0. The number of hydrogen-bond acceptors (Lipinski definition) is 3. The summed E-state index contributed by atoms with van der Waals surface area (Å²) in [7, 11) is 0. The van der Waals surface area contributed by atoms with Gasteiger partial charge in [0.2, 0.25) is 0 Å². The third kappa shape index (κ3) is 2.14. The number of aromatic carboxylic acids is 1. The number of aromatic nitrogens is 3. The molecular weight excluding hydrogens is 273 g/mol. The van der Waals surface area contributed by atoms with Gasteiger partial charge in [0.25, 0.3) is 0 Å². The van der Waals surface area contributed by atoms with Gasteiger partial charge in [-0.1, -0.05) is 19.1 Å². The van der Waals surface area contributed by atoms with E-state index in [1.807, 2.05) is 6.92 Å². The lowest BCUT2D eigenvalue weighted by Crippen LogP contribution is -2.08. The van der Waals surface area contributed by atoms with E-state index in [0.717, 1.165) is 5.56 Å². The molecule has 21 heavy (non-hydrogen) atoms. The van der Waals surface area contributed by atoms with Crippen LogP contribution in [0, 0.1) is 5.82 Å². The van der Waals surface area contributed by atoms with E-state index < -0.39 is 11.8 Å². The number of hydrogen-bond donors (Lipinski definition) is 1. The number of carboxylic acids is 1. The Hall–Kier alpha value is -2.76. The van der Waals surface area contributed by atoms with Gasteiger partial charge in [0.05, 0.1) is 11.9 Å². The summed E-state index contributed by atoms with van der Waals surface area (Å²) < 4.78 is 15.2. The van der Waals surface area contributed by atoms with Crippen LogP contribution in [0.1, 0.15) is 23.0 Å². The van der Waals surface area contributed by atoms with Crippen LogP contribution in [0.5, 0.6) is 0 Å². The number of carbonyl (C=O) groups is 1. The van der Waals surface area contributed by atoms with Crippen LogP contribution in [0.3, 0.4) is 0 Å². The zero-order chi connectivity index (χ0) is 15.0. The Bertz CT molecular complexity index is 842. The first-order chi connectivity index (χ1) is 10.1. The number of benzene rings is 1. The van der Waals surface area contributed by atoms with Crippen molar-refractivity contribution in [3.63, 3.8) is 0 Å². The fourth-order valence-corrected chi connectivity index (χ4v) is 2.22. The van der Waals surface area contributed by atoms with E-state index in [2.05, 4.69) is 10.1 Å². The fraction of sp³-hybridized carbons (Fsp3) is 0.133. The molecule has 0 aliphatic rings. The lowest BCUT2D eigenvalue weighted by molar-refractivity contribution is 0.0687. The molecular formula is C15H12FN3O2. The summed E-state index contributed by atoms with van der Waals surface area (Å²) in [6, 6.07) is 7.48. The maximum atomic E-state index is 13.9. The van der Waals surface area contributed by atoms with E-state index in [9.17, 15) is 14.3 Å². The van der Waals surface area contributed by atoms with Gasteiger partial charge in [-0.25, -0.2) is 18.7 Å². The average Bonchev–Trinajstić information content (AvgIpc) is 2.89. The SMILES string of the molecule is CCc1cnn2c(C(=O)O)cc(-c3ccccc3F)nc12. The zero-order valence-corrected chi connectivity index (χ0v) is 11.2. The minimum atomic E-state index is -1.13. The third-order valence-electron chi connectivity index (χ3n) is 3.29. The van der Waals surface area contributed by atoms with E-state index in [0.29, 0.717) is 12.1 Å². The molecule has 0 radical (unpaired) electrons. The van der Waals surface area contributed by atoms with Gasteiger partial charge in [0.1, 0.15) is 5.82 Å². The van der Waals surface area contributed by atoms with Gasteiger partial charge in [-0.05, 0) is 24.6 Å². The number of aryl methyl sites for hydroxylation is 1. The molecule has 5 nitrogen and oxygen atoms in total. The Balaban J connectivity index is 2.34. The molecule has 0 fully saturated rings.